The van der Waals surface area contributed by atoms with Crippen LogP contribution < -0.4 is 4.80 Å². The molecular weight excluding hydrogens is 424 g/mol. The molecule has 3 rings (SSSR count). The van der Waals surface area contributed by atoms with Crippen LogP contribution in [0.4, 0.5) is 0 Å². The fourth-order valence-corrected chi connectivity index (χ4v) is 5.00. The van der Waals surface area contributed by atoms with Crippen molar-refractivity contribution in [1.82, 2.24) is 4.57 Å². The summed E-state index contributed by atoms with van der Waals surface area (Å²) >= 11 is 1.27. The van der Waals surface area contributed by atoms with Gasteiger partial charge in [0.05, 0.1) is 27.3 Å². The third kappa shape index (κ3) is 4.68. The molecule has 0 aliphatic heterocycles. The number of hydrogen-bond donors (Lipinski definition) is 0. The SMILES string of the molecule is CCOC(=O)Cn1c(=NC(=O)c2ccccc2S(C)(=O)=O)sc2cc(CC)ccc21. The minimum absolute atomic E-state index is 0.00520. The van der Waals surface area contributed by atoms with Crippen molar-refractivity contribution in [1.29, 1.82) is 0 Å². The molecule has 0 N–H and O–H groups in total. The molecule has 0 atom stereocenters. The predicted octanol–water partition coefficient (Wildman–Crippen LogP) is 2.97. The minimum atomic E-state index is -3.60. The molecule has 7 nitrogen and oxygen atoms in total. The van der Waals surface area contributed by atoms with Crippen LogP contribution in [0.5, 0.6) is 0 Å². The van der Waals surface area contributed by atoms with Crippen LogP contribution in [-0.4, -0.2) is 37.7 Å². The van der Waals surface area contributed by atoms with E-state index in [4.69, 9.17) is 4.74 Å². The summed E-state index contributed by atoms with van der Waals surface area (Å²) in [6.07, 6.45) is 1.89. The molecule has 1 amide bonds. The first kappa shape index (κ1) is 21.9. The van der Waals surface area contributed by atoms with Gasteiger partial charge in [0.25, 0.3) is 5.91 Å². The lowest BCUT2D eigenvalue weighted by Gasteiger charge is -2.06. The standard InChI is InChI=1S/C21H22N2O5S2/c1-4-14-10-11-16-17(12-14)29-21(23(16)13-19(24)28-5-2)22-20(25)15-8-6-7-9-18(15)30(3,26)27/h6-12H,4-5,13H2,1-3H3. The second kappa shape index (κ2) is 8.93. The summed E-state index contributed by atoms with van der Waals surface area (Å²) in [5.74, 6) is -1.13. The molecular formula is C21H22N2O5S2. The summed E-state index contributed by atoms with van der Waals surface area (Å²) < 4.78 is 31.7. The molecule has 2 aromatic carbocycles. The van der Waals surface area contributed by atoms with Crippen LogP contribution in [0.25, 0.3) is 10.2 Å². The Balaban J connectivity index is 2.18. The number of ether oxygens (including phenoxy) is 1. The van der Waals surface area contributed by atoms with E-state index in [0.29, 0.717) is 4.80 Å². The number of carbonyl (C=O) groups is 2. The number of hydrogen-bond acceptors (Lipinski definition) is 6. The molecule has 0 unspecified atom stereocenters. The average Bonchev–Trinajstić information content (AvgIpc) is 3.03. The van der Waals surface area contributed by atoms with Crippen molar-refractivity contribution in [3.63, 3.8) is 0 Å². The zero-order valence-electron chi connectivity index (χ0n) is 16.9. The largest absolute Gasteiger partial charge is 0.465 e. The summed E-state index contributed by atoms with van der Waals surface area (Å²) in [5.41, 5.74) is 1.87. The molecule has 1 heterocycles. The van der Waals surface area contributed by atoms with Crippen LogP contribution in [0, 0.1) is 0 Å². The first-order valence-electron chi connectivity index (χ1n) is 9.40. The zero-order valence-corrected chi connectivity index (χ0v) is 18.5. The second-order valence-corrected chi connectivity index (χ2v) is 9.61. The van der Waals surface area contributed by atoms with Crippen molar-refractivity contribution >= 4 is 43.3 Å². The highest BCUT2D eigenvalue weighted by atomic mass is 32.2. The maximum Gasteiger partial charge on any atom is 0.326 e. The molecule has 3 aromatic rings. The van der Waals surface area contributed by atoms with E-state index in [1.54, 1.807) is 23.6 Å². The van der Waals surface area contributed by atoms with Crippen LogP contribution in [0.3, 0.4) is 0 Å². The summed E-state index contributed by atoms with van der Waals surface area (Å²) in [6.45, 7) is 3.91. The van der Waals surface area contributed by atoms with E-state index in [2.05, 4.69) is 4.99 Å². The zero-order chi connectivity index (χ0) is 21.9. The van der Waals surface area contributed by atoms with E-state index in [1.165, 1.54) is 23.5 Å². The molecule has 0 aliphatic rings. The Morgan fingerprint density at radius 2 is 1.87 bits per heavy atom. The molecule has 0 radical (unpaired) electrons. The average molecular weight is 447 g/mol. The van der Waals surface area contributed by atoms with E-state index >= 15 is 0 Å². The van der Waals surface area contributed by atoms with Crippen LogP contribution in [0.2, 0.25) is 0 Å². The molecule has 9 heteroatoms. The van der Waals surface area contributed by atoms with Gasteiger partial charge in [-0.15, -0.1) is 0 Å². The van der Waals surface area contributed by atoms with Crippen LogP contribution in [0.1, 0.15) is 29.8 Å². The van der Waals surface area contributed by atoms with Gasteiger partial charge in [0.2, 0.25) is 0 Å². The first-order valence-corrected chi connectivity index (χ1v) is 12.1. The number of fused-ring (bicyclic) bond motifs is 1. The van der Waals surface area contributed by atoms with Crippen molar-refractivity contribution < 1.29 is 22.7 Å². The molecule has 158 valence electrons. The Kier molecular flexibility index (Phi) is 6.52. The minimum Gasteiger partial charge on any atom is -0.465 e. The molecule has 0 aliphatic carbocycles. The van der Waals surface area contributed by atoms with Gasteiger partial charge < -0.3 is 9.30 Å². The Labute approximate surface area is 178 Å². The Morgan fingerprint density at radius 1 is 1.13 bits per heavy atom. The maximum absolute atomic E-state index is 12.9. The van der Waals surface area contributed by atoms with E-state index in [-0.39, 0.29) is 23.6 Å². The number of carbonyl (C=O) groups excluding carboxylic acids is 2. The number of sulfone groups is 1. The third-order valence-corrected chi connectivity index (χ3v) is 6.66. The van der Waals surface area contributed by atoms with Gasteiger partial charge in [0.1, 0.15) is 6.54 Å². The number of aromatic nitrogens is 1. The van der Waals surface area contributed by atoms with E-state index in [0.717, 1.165) is 28.5 Å². The molecule has 30 heavy (non-hydrogen) atoms. The van der Waals surface area contributed by atoms with Crippen LogP contribution >= 0.6 is 11.3 Å². The van der Waals surface area contributed by atoms with E-state index in [9.17, 15) is 18.0 Å². The lowest BCUT2D eigenvalue weighted by atomic mass is 10.2. The molecule has 0 saturated carbocycles. The first-order chi connectivity index (χ1) is 14.2. The summed E-state index contributed by atoms with van der Waals surface area (Å²) in [4.78, 5) is 29.4. The molecule has 0 saturated heterocycles. The van der Waals surface area contributed by atoms with Crippen molar-refractivity contribution in [3.8, 4) is 0 Å². The van der Waals surface area contributed by atoms with Crippen molar-refractivity contribution in [2.24, 2.45) is 4.99 Å². The number of thiazole rings is 1. The molecule has 0 fully saturated rings. The number of nitrogens with zero attached hydrogens (tertiary/aromatic N) is 2. The number of rotatable bonds is 6. The van der Waals surface area contributed by atoms with Crippen LogP contribution in [-0.2, 0) is 32.3 Å². The van der Waals surface area contributed by atoms with E-state index in [1.807, 2.05) is 25.1 Å². The summed E-state index contributed by atoms with van der Waals surface area (Å²) in [7, 11) is -3.60. The van der Waals surface area contributed by atoms with Gasteiger partial charge in [0.15, 0.2) is 14.6 Å². The van der Waals surface area contributed by atoms with Crippen molar-refractivity contribution in [2.75, 3.05) is 12.9 Å². The monoisotopic (exact) mass is 446 g/mol. The van der Waals surface area contributed by atoms with Crippen molar-refractivity contribution in [2.45, 2.75) is 31.7 Å². The van der Waals surface area contributed by atoms with Gasteiger partial charge in [-0.1, -0.05) is 36.5 Å². The number of benzene rings is 2. The fourth-order valence-electron chi connectivity index (χ4n) is 3.03. The smallest absolute Gasteiger partial charge is 0.326 e. The molecule has 1 aromatic heterocycles. The van der Waals surface area contributed by atoms with E-state index < -0.39 is 21.7 Å². The number of aryl methyl sites for hydroxylation is 1. The fraction of sp³-hybridized carbons (Fsp3) is 0.286. The lowest BCUT2D eigenvalue weighted by Crippen LogP contribution is -2.23. The van der Waals surface area contributed by atoms with Gasteiger partial charge in [0, 0.05) is 6.26 Å². The number of esters is 1. The number of amides is 1. The van der Waals surface area contributed by atoms with Gasteiger partial charge in [-0.3, -0.25) is 9.59 Å². The highest BCUT2D eigenvalue weighted by Crippen LogP contribution is 2.21. The highest BCUT2D eigenvalue weighted by molar-refractivity contribution is 7.90. The Morgan fingerprint density at radius 3 is 2.53 bits per heavy atom. The molecule has 0 bridgehead atoms. The third-order valence-electron chi connectivity index (χ3n) is 4.46. The second-order valence-electron chi connectivity index (χ2n) is 6.62. The predicted molar refractivity (Wildman–Crippen MR) is 115 cm³/mol. The Bertz CT molecular complexity index is 1290. The Hall–Kier alpha value is -2.78. The topological polar surface area (TPSA) is 94.8 Å². The quantitative estimate of drug-likeness (QED) is 0.543. The van der Waals surface area contributed by atoms with Gasteiger partial charge in [-0.25, -0.2) is 8.42 Å². The molecule has 0 spiro atoms. The van der Waals surface area contributed by atoms with Gasteiger partial charge in [-0.2, -0.15) is 4.99 Å². The lowest BCUT2D eigenvalue weighted by molar-refractivity contribution is -0.143. The normalized spacial score (nSPS) is 12.3. The van der Waals surface area contributed by atoms with Gasteiger partial charge >= 0.3 is 5.97 Å². The summed E-state index contributed by atoms with van der Waals surface area (Å²) in [6, 6.07) is 11.8. The van der Waals surface area contributed by atoms with Crippen molar-refractivity contribution in [3.05, 3.63) is 58.4 Å². The highest BCUT2D eigenvalue weighted by Gasteiger charge is 2.19. The summed E-state index contributed by atoms with van der Waals surface area (Å²) in [5, 5.41) is 0. The van der Waals surface area contributed by atoms with Crippen LogP contribution in [0.15, 0.2) is 52.4 Å². The maximum atomic E-state index is 12.9. The van der Waals surface area contributed by atoms with Gasteiger partial charge in [-0.05, 0) is 43.2 Å².